The van der Waals surface area contributed by atoms with Crippen molar-refractivity contribution in [2.75, 3.05) is 37.5 Å². The summed E-state index contributed by atoms with van der Waals surface area (Å²) in [6, 6.07) is 7.08. The summed E-state index contributed by atoms with van der Waals surface area (Å²) in [7, 11) is 2.98. The molecule has 1 aliphatic heterocycles. The minimum Gasteiger partial charge on any atom is -0.452 e. The molecule has 0 aliphatic carbocycles. The molecule has 1 N–H and O–H groups in total. The number of nitrogens with zero attached hydrogens (tertiary/aromatic N) is 2. The summed E-state index contributed by atoms with van der Waals surface area (Å²) in [5.41, 5.74) is 1.43. The summed E-state index contributed by atoms with van der Waals surface area (Å²) in [4.78, 5) is 27.1. The molecular formula is C17H25N3O3. The van der Waals surface area contributed by atoms with Crippen molar-refractivity contribution in [3.63, 3.8) is 0 Å². The zero-order valence-electron chi connectivity index (χ0n) is 13.9. The Hall–Kier alpha value is -2.24. The number of likely N-dealkylation sites (tertiary alicyclic amines) is 1. The highest BCUT2D eigenvalue weighted by atomic mass is 16.5. The zero-order valence-corrected chi connectivity index (χ0v) is 13.9. The van der Waals surface area contributed by atoms with Crippen LogP contribution in [-0.4, -0.2) is 44.3 Å². The van der Waals surface area contributed by atoms with Gasteiger partial charge in [0.05, 0.1) is 7.11 Å². The minimum atomic E-state index is -0.428. The highest BCUT2D eigenvalue weighted by Crippen LogP contribution is 2.18. The minimum absolute atomic E-state index is 0.0547. The summed E-state index contributed by atoms with van der Waals surface area (Å²) in [5.74, 6) is 0. The largest absolute Gasteiger partial charge is 0.452 e. The van der Waals surface area contributed by atoms with Gasteiger partial charge < -0.3 is 15.0 Å². The number of methoxy groups -OCH3 is 1. The third-order valence-electron chi connectivity index (χ3n) is 4.10. The van der Waals surface area contributed by atoms with Gasteiger partial charge in [0, 0.05) is 31.5 Å². The molecule has 1 aliphatic rings. The number of nitrogens with one attached hydrogen (secondary N) is 1. The lowest BCUT2D eigenvalue weighted by atomic mass is 10.1. The summed E-state index contributed by atoms with van der Waals surface area (Å²) >= 11 is 0. The van der Waals surface area contributed by atoms with Gasteiger partial charge in [-0.2, -0.15) is 0 Å². The third kappa shape index (κ3) is 4.87. The van der Waals surface area contributed by atoms with E-state index in [2.05, 4.69) is 10.1 Å². The lowest BCUT2D eigenvalue weighted by Crippen LogP contribution is -2.37. The van der Waals surface area contributed by atoms with E-state index < -0.39 is 6.09 Å². The van der Waals surface area contributed by atoms with Crippen molar-refractivity contribution in [3.05, 3.63) is 24.3 Å². The standard InChI is InChI=1S/C17H25N3O3/c1-19(17(22)23-2)15-10-8-14(9-11-15)18-16(21)20-12-6-4-3-5-7-13-20/h8-11H,3-7,12-13H2,1-2H3,(H,18,21). The summed E-state index contributed by atoms with van der Waals surface area (Å²) in [5, 5.41) is 2.92. The van der Waals surface area contributed by atoms with E-state index in [0.717, 1.165) is 31.6 Å². The molecule has 0 spiro atoms. The van der Waals surface area contributed by atoms with Gasteiger partial charge in [0.25, 0.3) is 0 Å². The van der Waals surface area contributed by atoms with E-state index in [9.17, 15) is 9.59 Å². The molecule has 0 saturated carbocycles. The molecule has 0 radical (unpaired) electrons. The van der Waals surface area contributed by atoms with E-state index in [-0.39, 0.29) is 6.03 Å². The van der Waals surface area contributed by atoms with Gasteiger partial charge in [-0.15, -0.1) is 0 Å². The average molecular weight is 319 g/mol. The van der Waals surface area contributed by atoms with Crippen molar-refractivity contribution < 1.29 is 14.3 Å². The molecule has 0 aromatic heterocycles. The first kappa shape index (κ1) is 17.1. The lowest BCUT2D eigenvalue weighted by Gasteiger charge is -2.25. The molecule has 3 amide bonds. The first-order valence-electron chi connectivity index (χ1n) is 8.09. The lowest BCUT2D eigenvalue weighted by molar-refractivity contribution is 0.180. The number of amides is 3. The maximum absolute atomic E-state index is 12.3. The molecule has 1 aromatic rings. The van der Waals surface area contributed by atoms with Gasteiger partial charge in [0.15, 0.2) is 0 Å². The third-order valence-corrected chi connectivity index (χ3v) is 4.10. The molecule has 2 rings (SSSR count). The maximum Gasteiger partial charge on any atom is 0.413 e. The SMILES string of the molecule is COC(=O)N(C)c1ccc(NC(=O)N2CCCCCCC2)cc1. The number of hydrogen-bond donors (Lipinski definition) is 1. The number of rotatable bonds is 2. The predicted octanol–water partition coefficient (Wildman–Crippen LogP) is 3.69. The summed E-state index contributed by atoms with van der Waals surface area (Å²) in [6.07, 6.45) is 5.36. The van der Waals surface area contributed by atoms with E-state index in [4.69, 9.17) is 0 Å². The van der Waals surface area contributed by atoms with Gasteiger partial charge in [0.1, 0.15) is 0 Å². The molecule has 23 heavy (non-hydrogen) atoms. The monoisotopic (exact) mass is 319 g/mol. The second-order valence-corrected chi connectivity index (χ2v) is 5.76. The van der Waals surface area contributed by atoms with Crippen molar-refractivity contribution >= 4 is 23.5 Å². The molecule has 1 heterocycles. The Labute approximate surface area is 137 Å². The zero-order chi connectivity index (χ0) is 16.7. The number of carbonyl (C=O) groups excluding carboxylic acids is 2. The van der Waals surface area contributed by atoms with Crippen LogP contribution >= 0.6 is 0 Å². The molecule has 6 heteroatoms. The van der Waals surface area contributed by atoms with E-state index in [0.29, 0.717) is 5.69 Å². The fourth-order valence-electron chi connectivity index (χ4n) is 2.66. The summed E-state index contributed by atoms with van der Waals surface area (Å²) in [6.45, 7) is 1.63. The Bertz CT molecular complexity index is 522. The van der Waals surface area contributed by atoms with E-state index >= 15 is 0 Å². The van der Waals surface area contributed by atoms with Gasteiger partial charge in [-0.05, 0) is 37.1 Å². The van der Waals surface area contributed by atoms with Crippen LogP contribution in [0.1, 0.15) is 32.1 Å². The summed E-state index contributed by atoms with van der Waals surface area (Å²) < 4.78 is 4.67. The fourth-order valence-corrected chi connectivity index (χ4v) is 2.66. The molecule has 0 atom stereocenters. The normalized spacial score (nSPS) is 15.3. The van der Waals surface area contributed by atoms with Gasteiger partial charge >= 0.3 is 12.1 Å². The van der Waals surface area contributed by atoms with Gasteiger partial charge in [-0.25, -0.2) is 9.59 Å². The molecule has 1 fully saturated rings. The highest BCUT2D eigenvalue weighted by Gasteiger charge is 2.15. The van der Waals surface area contributed by atoms with Crippen molar-refractivity contribution in [2.45, 2.75) is 32.1 Å². The molecule has 126 valence electrons. The van der Waals surface area contributed by atoms with Crippen molar-refractivity contribution in [2.24, 2.45) is 0 Å². The quantitative estimate of drug-likeness (QED) is 0.904. The van der Waals surface area contributed by atoms with Crippen LogP contribution in [0.2, 0.25) is 0 Å². The second kappa shape index (κ2) is 8.41. The van der Waals surface area contributed by atoms with Crippen LogP contribution in [0.3, 0.4) is 0 Å². The Balaban J connectivity index is 1.94. The highest BCUT2D eigenvalue weighted by molar-refractivity contribution is 5.90. The van der Waals surface area contributed by atoms with Gasteiger partial charge in [-0.1, -0.05) is 19.3 Å². The number of carbonyl (C=O) groups is 2. The number of benzene rings is 1. The molecule has 1 aromatic carbocycles. The molecule has 0 unspecified atom stereocenters. The molecule has 0 bridgehead atoms. The van der Waals surface area contributed by atoms with Crippen LogP contribution in [0.4, 0.5) is 21.0 Å². The van der Waals surface area contributed by atoms with Gasteiger partial charge in [0.2, 0.25) is 0 Å². The Morgan fingerprint density at radius 1 is 1.04 bits per heavy atom. The Morgan fingerprint density at radius 3 is 2.17 bits per heavy atom. The van der Waals surface area contributed by atoms with Crippen LogP contribution < -0.4 is 10.2 Å². The van der Waals surface area contributed by atoms with E-state index in [1.54, 1.807) is 31.3 Å². The topological polar surface area (TPSA) is 61.9 Å². The van der Waals surface area contributed by atoms with Crippen LogP contribution in [-0.2, 0) is 4.74 Å². The van der Waals surface area contributed by atoms with Crippen molar-refractivity contribution in [1.82, 2.24) is 4.90 Å². The smallest absolute Gasteiger partial charge is 0.413 e. The Kier molecular flexibility index (Phi) is 6.26. The van der Waals surface area contributed by atoms with E-state index in [1.165, 1.54) is 31.3 Å². The fraction of sp³-hybridized carbons (Fsp3) is 0.529. The second-order valence-electron chi connectivity index (χ2n) is 5.76. The Morgan fingerprint density at radius 2 is 1.61 bits per heavy atom. The van der Waals surface area contributed by atoms with Crippen LogP contribution in [0.15, 0.2) is 24.3 Å². The average Bonchev–Trinajstić information content (AvgIpc) is 2.53. The number of ether oxygens (including phenoxy) is 1. The number of anilines is 2. The van der Waals surface area contributed by atoms with Crippen LogP contribution in [0.25, 0.3) is 0 Å². The van der Waals surface area contributed by atoms with Crippen molar-refractivity contribution in [1.29, 1.82) is 0 Å². The molecule has 6 nitrogen and oxygen atoms in total. The number of urea groups is 1. The first-order chi connectivity index (χ1) is 11.1. The van der Waals surface area contributed by atoms with E-state index in [1.807, 2.05) is 4.90 Å². The van der Waals surface area contributed by atoms with Crippen LogP contribution in [0.5, 0.6) is 0 Å². The van der Waals surface area contributed by atoms with Crippen molar-refractivity contribution in [3.8, 4) is 0 Å². The molecular weight excluding hydrogens is 294 g/mol. The predicted molar refractivity (Wildman–Crippen MR) is 90.9 cm³/mol. The van der Waals surface area contributed by atoms with Gasteiger partial charge in [-0.3, -0.25) is 4.90 Å². The first-order valence-corrected chi connectivity index (χ1v) is 8.09. The van der Waals surface area contributed by atoms with Crippen LogP contribution in [0, 0.1) is 0 Å². The maximum atomic E-state index is 12.3. The number of hydrogen-bond acceptors (Lipinski definition) is 3. The molecule has 1 saturated heterocycles.